The fourth-order valence-electron chi connectivity index (χ4n) is 1.39. The van der Waals surface area contributed by atoms with E-state index in [1.165, 1.54) is 10.9 Å². The van der Waals surface area contributed by atoms with Crippen LogP contribution in [0, 0.1) is 0 Å². The van der Waals surface area contributed by atoms with Gasteiger partial charge in [-0.15, -0.1) is 11.3 Å². The number of thiazole rings is 1. The molecule has 0 amide bonds. The van der Waals surface area contributed by atoms with Crippen LogP contribution >= 0.6 is 38.9 Å². The highest BCUT2D eigenvalue weighted by molar-refractivity contribution is 9.10. The summed E-state index contributed by atoms with van der Waals surface area (Å²) in [5, 5.41) is 3.21. The Bertz CT molecular complexity index is 623. The lowest BCUT2D eigenvalue weighted by Crippen LogP contribution is -2.22. The van der Waals surface area contributed by atoms with Crippen molar-refractivity contribution in [1.29, 1.82) is 0 Å². The van der Waals surface area contributed by atoms with Crippen LogP contribution in [0.3, 0.4) is 0 Å². The molecule has 0 aliphatic carbocycles. The summed E-state index contributed by atoms with van der Waals surface area (Å²) < 4.78 is 1.76. The molecule has 0 fully saturated rings. The molecule has 0 unspecified atom stereocenters. The van der Waals surface area contributed by atoms with Crippen molar-refractivity contribution in [3.05, 3.63) is 42.4 Å². The van der Waals surface area contributed by atoms with Gasteiger partial charge < -0.3 is 0 Å². The molecule has 0 aliphatic rings. The Hall–Kier alpha value is -0.720. The first kappa shape index (κ1) is 13.7. The fraction of sp³-hybridized carbons (Fsp3) is 0.364. The van der Waals surface area contributed by atoms with Gasteiger partial charge in [-0.05, 0) is 15.9 Å². The van der Waals surface area contributed by atoms with Gasteiger partial charge in [0.15, 0.2) is 5.15 Å². The molecule has 0 bridgehead atoms. The second kappa shape index (κ2) is 5.50. The normalized spacial score (nSPS) is 11.2. The second-order valence-electron chi connectivity index (χ2n) is 4.11. The summed E-state index contributed by atoms with van der Waals surface area (Å²) in [4.78, 5) is 20.3. The largest absolute Gasteiger partial charge is 0.292 e. The Labute approximate surface area is 122 Å². The van der Waals surface area contributed by atoms with Gasteiger partial charge in [0, 0.05) is 11.3 Å². The SMILES string of the molecule is CC(C)c1nc(Cn2cnc(Cl)c(Br)c2=O)cs1. The number of aromatic nitrogens is 3. The molecule has 0 saturated heterocycles. The third-order valence-electron chi connectivity index (χ3n) is 2.34. The standard InChI is InChI=1S/C11H11BrClN3OS/c1-6(2)10-15-7(4-18-10)3-16-5-14-9(13)8(12)11(16)17/h4-6H,3H2,1-2H3. The van der Waals surface area contributed by atoms with E-state index in [0.717, 1.165) is 10.7 Å². The molecule has 0 aromatic carbocycles. The van der Waals surface area contributed by atoms with Crippen LogP contribution in [0.5, 0.6) is 0 Å². The summed E-state index contributed by atoms with van der Waals surface area (Å²) in [5.74, 6) is 0.399. The van der Waals surface area contributed by atoms with Gasteiger partial charge in [-0.1, -0.05) is 25.4 Å². The summed E-state index contributed by atoms with van der Waals surface area (Å²) >= 11 is 10.5. The van der Waals surface area contributed by atoms with Crippen LogP contribution in [-0.4, -0.2) is 14.5 Å². The maximum absolute atomic E-state index is 11.9. The third kappa shape index (κ3) is 2.81. The molecule has 2 aromatic heterocycles. The van der Waals surface area contributed by atoms with Crippen molar-refractivity contribution < 1.29 is 0 Å². The highest BCUT2D eigenvalue weighted by Gasteiger charge is 2.10. The Kier molecular flexibility index (Phi) is 4.19. The van der Waals surface area contributed by atoms with Crippen LogP contribution < -0.4 is 5.56 Å². The molecule has 18 heavy (non-hydrogen) atoms. The van der Waals surface area contributed by atoms with E-state index >= 15 is 0 Å². The van der Waals surface area contributed by atoms with Crippen molar-refractivity contribution in [3.63, 3.8) is 0 Å². The highest BCUT2D eigenvalue weighted by atomic mass is 79.9. The lowest BCUT2D eigenvalue weighted by Gasteiger charge is -2.04. The number of hydrogen-bond acceptors (Lipinski definition) is 4. The van der Waals surface area contributed by atoms with Gasteiger partial charge in [-0.2, -0.15) is 0 Å². The van der Waals surface area contributed by atoms with Gasteiger partial charge in [0.1, 0.15) is 4.47 Å². The van der Waals surface area contributed by atoms with Crippen molar-refractivity contribution in [2.45, 2.75) is 26.3 Å². The minimum absolute atomic E-state index is 0.178. The van der Waals surface area contributed by atoms with Crippen LogP contribution in [0.4, 0.5) is 0 Å². The van der Waals surface area contributed by atoms with E-state index in [1.54, 1.807) is 11.3 Å². The van der Waals surface area contributed by atoms with Crippen LogP contribution in [-0.2, 0) is 6.54 Å². The lowest BCUT2D eigenvalue weighted by molar-refractivity contribution is 0.711. The van der Waals surface area contributed by atoms with Crippen LogP contribution in [0.25, 0.3) is 0 Å². The van der Waals surface area contributed by atoms with E-state index in [9.17, 15) is 4.79 Å². The minimum atomic E-state index is -0.200. The highest BCUT2D eigenvalue weighted by Crippen LogP contribution is 2.20. The Morgan fingerprint density at radius 3 is 2.89 bits per heavy atom. The zero-order chi connectivity index (χ0) is 13.3. The average molecular weight is 349 g/mol. The second-order valence-corrected chi connectivity index (χ2v) is 6.15. The van der Waals surface area contributed by atoms with Gasteiger partial charge in [-0.25, -0.2) is 9.97 Å². The van der Waals surface area contributed by atoms with Crippen molar-refractivity contribution >= 4 is 38.9 Å². The summed E-state index contributed by atoms with van der Waals surface area (Å²) in [5.41, 5.74) is 0.663. The molecule has 0 aliphatic heterocycles. The molecule has 4 nitrogen and oxygen atoms in total. The average Bonchev–Trinajstić information content (AvgIpc) is 2.79. The van der Waals surface area contributed by atoms with Gasteiger partial charge in [0.05, 0.1) is 23.6 Å². The van der Waals surface area contributed by atoms with Gasteiger partial charge in [0.25, 0.3) is 5.56 Å². The molecule has 2 rings (SSSR count). The molecular formula is C11H11BrClN3OS. The molecule has 0 atom stereocenters. The fourth-order valence-corrected chi connectivity index (χ4v) is 2.67. The smallest absolute Gasteiger partial charge is 0.269 e. The maximum atomic E-state index is 11.9. The summed E-state index contributed by atoms with van der Waals surface area (Å²) in [6.07, 6.45) is 1.43. The van der Waals surface area contributed by atoms with E-state index in [-0.39, 0.29) is 15.2 Å². The number of hydrogen-bond donors (Lipinski definition) is 0. The molecule has 7 heteroatoms. The van der Waals surface area contributed by atoms with Crippen molar-refractivity contribution in [1.82, 2.24) is 14.5 Å². The molecule has 2 heterocycles. The first-order valence-corrected chi connectivity index (χ1v) is 7.39. The molecule has 0 spiro atoms. The molecule has 0 N–H and O–H groups in total. The third-order valence-corrected chi connectivity index (χ3v) is 4.76. The predicted molar refractivity (Wildman–Crippen MR) is 76.5 cm³/mol. The van der Waals surface area contributed by atoms with Crippen molar-refractivity contribution in [3.8, 4) is 0 Å². The summed E-state index contributed by atoms with van der Waals surface area (Å²) in [7, 11) is 0. The summed E-state index contributed by atoms with van der Waals surface area (Å²) in [6.45, 7) is 4.59. The van der Waals surface area contributed by atoms with E-state index in [4.69, 9.17) is 11.6 Å². The predicted octanol–water partition coefficient (Wildman–Crippen LogP) is 3.29. The van der Waals surface area contributed by atoms with Crippen LogP contribution in [0.15, 0.2) is 21.0 Å². The molecule has 0 saturated carbocycles. The number of halogens is 2. The first-order valence-electron chi connectivity index (χ1n) is 5.33. The Morgan fingerprint density at radius 2 is 2.28 bits per heavy atom. The summed E-state index contributed by atoms with van der Waals surface area (Å²) in [6, 6.07) is 0. The monoisotopic (exact) mass is 347 g/mol. The number of rotatable bonds is 3. The topological polar surface area (TPSA) is 47.8 Å². The first-order chi connectivity index (χ1) is 8.49. The van der Waals surface area contributed by atoms with Crippen LogP contribution in [0.2, 0.25) is 5.15 Å². The van der Waals surface area contributed by atoms with Crippen LogP contribution in [0.1, 0.15) is 30.5 Å². The van der Waals surface area contributed by atoms with Crippen molar-refractivity contribution in [2.24, 2.45) is 0 Å². The zero-order valence-electron chi connectivity index (χ0n) is 9.85. The van der Waals surface area contributed by atoms with Gasteiger partial charge >= 0.3 is 0 Å². The lowest BCUT2D eigenvalue weighted by atomic mass is 10.2. The van der Waals surface area contributed by atoms with Gasteiger partial charge in [-0.3, -0.25) is 9.36 Å². The Morgan fingerprint density at radius 1 is 1.56 bits per heavy atom. The van der Waals surface area contributed by atoms with E-state index in [1.807, 2.05) is 5.38 Å². The van der Waals surface area contributed by atoms with E-state index in [0.29, 0.717) is 12.5 Å². The molecule has 0 radical (unpaired) electrons. The maximum Gasteiger partial charge on any atom is 0.269 e. The Balaban J connectivity index is 2.29. The number of nitrogens with zero attached hydrogens (tertiary/aromatic N) is 3. The zero-order valence-corrected chi connectivity index (χ0v) is 13.0. The molecule has 2 aromatic rings. The molecule has 96 valence electrons. The van der Waals surface area contributed by atoms with Crippen molar-refractivity contribution in [2.75, 3.05) is 0 Å². The van der Waals surface area contributed by atoms with E-state index < -0.39 is 0 Å². The minimum Gasteiger partial charge on any atom is -0.292 e. The molecular weight excluding hydrogens is 338 g/mol. The quantitative estimate of drug-likeness (QED) is 0.800. The van der Waals surface area contributed by atoms with Gasteiger partial charge in [0.2, 0.25) is 0 Å². The van der Waals surface area contributed by atoms with E-state index in [2.05, 4.69) is 39.7 Å².